The topological polar surface area (TPSA) is 47.0 Å². The van der Waals surface area contributed by atoms with Crippen molar-refractivity contribution < 1.29 is 4.74 Å². The molecule has 1 aromatic heterocycles. The Bertz CT molecular complexity index is 386. The molecule has 0 radical (unpaired) electrons. The van der Waals surface area contributed by atoms with Crippen LogP contribution in [-0.4, -0.2) is 23.1 Å². The molecule has 2 unspecified atom stereocenters. The molecule has 0 aliphatic heterocycles. The third-order valence-corrected chi connectivity index (χ3v) is 3.36. The number of rotatable bonds is 3. The molecule has 1 N–H and O–H groups in total. The highest BCUT2D eigenvalue weighted by atomic mass is 35.5. The van der Waals surface area contributed by atoms with Crippen LogP contribution in [0.3, 0.4) is 0 Å². The van der Waals surface area contributed by atoms with Gasteiger partial charge in [-0.05, 0) is 25.2 Å². The first kappa shape index (κ1) is 12.4. The first-order valence-electron chi connectivity index (χ1n) is 6.06. The first-order chi connectivity index (χ1) is 8.19. The molecule has 1 aliphatic rings. The zero-order chi connectivity index (χ0) is 12.3. The Balaban J connectivity index is 2.06. The molecule has 17 heavy (non-hydrogen) atoms. The average molecular weight is 256 g/mol. The Morgan fingerprint density at radius 1 is 1.47 bits per heavy atom. The summed E-state index contributed by atoms with van der Waals surface area (Å²) in [6, 6.07) is 0. The van der Waals surface area contributed by atoms with Gasteiger partial charge in [0.1, 0.15) is 11.1 Å². The molecule has 1 saturated carbocycles. The summed E-state index contributed by atoms with van der Waals surface area (Å²) in [5, 5.41) is 3.35. The van der Waals surface area contributed by atoms with Crippen LogP contribution in [-0.2, 0) is 0 Å². The molecule has 94 valence electrons. The first-order valence-corrected chi connectivity index (χ1v) is 6.43. The van der Waals surface area contributed by atoms with Crippen LogP contribution in [0.15, 0.2) is 6.20 Å². The van der Waals surface area contributed by atoms with Gasteiger partial charge in [-0.3, -0.25) is 0 Å². The van der Waals surface area contributed by atoms with Crippen LogP contribution >= 0.6 is 11.6 Å². The number of aromatic nitrogens is 2. The van der Waals surface area contributed by atoms with Gasteiger partial charge in [0.15, 0.2) is 0 Å². The Morgan fingerprint density at radius 3 is 3.00 bits per heavy atom. The number of hydrogen-bond donors (Lipinski definition) is 1. The van der Waals surface area contributed by atoms with Crippen molar-refractivity contribution >= 4 is 17.5 Å². The molecule has 1 aliphatic carbocycles. The predicted octanol–water partition coefficient (Wildman–Crippen LogP) is 3.13. The summed E-state index contributed by atoms with van der Waals surface area (Å²) < 4.78 is 5.88. The summed E-state index contributed by atoms with van der Waals surface area (Å²) >= 11 is 6.03. The SMILES string of the molecule is CNc1ncc(Cl)c(OC2CCCC(C)C2)n1. The zero-order valence-electron chi connectivity index (χ0n) is 10.2. The average Bonchev–Trinajstić information content (AvgIpc) is 2.32. The maximum atomic E-state index is 6.03. The molecular formula is C12H18ClN3O. The fraction of sp³-hybridized carbons (Fsp3) is 0.667. The molecule has 1 heterocycles. The van der Waals surface area contributed by atoms with E-state index in [-0.39, 0.29) is 6.10 Å². The molecular weight excluding hydrogens is 238 g/mol. The van der Waals surface area contributed by atoms with Gasteiger partial charge in [-0.1, -0.05) is 24.9 Å². The van der Waals surface area contributed by atoms with Crippen LogP contribution in [0.25, 0.3) is 0 Å². The summed E-state index contributed by atoms with van der Waals surface area (Å²) in [5.41, 5.74) is 0. The maximum Gasteiger partial charge on any atom is 0.237 e. The van der Waals surface area contributed by atoms with Crippen LogP contribution in [0.4, 0.5) is 5.95 Å². The lowest BCUT2D eigenvalue weighted by Crippen LogP contribution is -2.24. The van der Waals surface area contributed by atoms with Crippen molar-refractivity contribution in [3.63, 3.8) is 0 Å². The van der Waals surface area contributed by atoms with Gasteiger partial charge in [-0.15, -0.1) is 0 Å². The molecule has 2 atom stereocenters. The van der Waals surface area contributed by atoms with Gasteiger partial charge in [0.25, 0.3) is 0 Å². The standard InChI is InChI=1S/C12H18ClN3O/c1-8-4-3-5-9(6-8)17-11-10(13)7-15-12(14-2)16-11/h7-9H,3-6H2,1-2H3,(H,14,15,16). The number of hydrogen-bond acceptors (Lipinski definition) is 4. The van der Waals surface area contributed by atoms with Crippen LogP contribution in [0.5, 0.6) is 5.88 Å². The Morgan fingerprint density at radius 2 is 2.29 bits per heavy atom. The molecule has 0 saturated heterocycles. The summed E-state index contributed by atoms with van der Waals surface area (Å²) in [6.45, 7) is 2.26. The van der Waals surface area contributed by atoms with Gasteiger partial charge in [0.2, 0.25) is 11.8 Å². The largest absolute Gasteiger partial charge is 0.473 e. The maximum absolute atomic E-state index is 6.03. The normalized spacial score (nSPS) is 24.4. The van der Waals surface area contributed by atoms with Crippen molar-refractivity contribution in [1.82, 2.24) is 9.97 Å². The highest BCUT2D eigenvalue weighted by Gasteiger charge is 2.21. The van der Waals surface area contributed by atoms with Crippen molar-refractivity contribution in [3.05, 3.63) is 11.2 Å². The molecule has 0 amide bonds. The van der Waals surface area contributed by atoms with Gasteiger partial charge < -0.3 is 10.1 Å². The van der Waals surface area contributed by atoms with Crippen molar-refractivity contribution in [1.29, 1.82) is 0 Å². The van der Waals surface area contributed by atoms with Gasteiger partial charge >= 0.3 is 0 Å². The van der Waals surface area contributed by atoms with E-state index >= 15 is 0 Å². The van der Waals surface area contributed by atoms with E-state index in [1.807, 2.05) is 0 Å². The lowest BCUT2D eigenvalue weighted by molar-refractivity contribution is 0.124. The highest BCUT2D eigenvalue weighted by Crippen LogP contribution is 2.29. The number of nitrogens with zero attached hydrogens (tertiary/aromatic N) is 2. The number of halogens is 1. The van der Waals surface area contributed by atoms with E-state index in [1.165, 1.54) is 12.8 Å². The van der Waals surface area contributed by atoms with Gasteiger partial charge in [-0.2, -0.15) is 4.98 Å². The minimum Gasteiger partial charge on any atom is -0.473 e. The lowest BCUT2D eigenvalue weighted by atomic mass is 9.89. The third kappa shape index (κ3) is 3.22. The Labute approximate surface area is 107 Å². The van der Waals surface area contributed by atoms with Crippen LogP contribution in [0.1, 0.15) is 32.6 Å². The van der Waals surface area contributed by atoms with Crippen molar-refractivity contribution in [2.45, 2.75) is 38.7 Å². The van der Waals surface area contributed by atoms with Gasteiger partial charge in [0, 0.05) is 7.05 Å². The van der Waals surface area contributed by atoms with E-state index in [9.17, 15) is 0 Å². The minimum absolute atomic E-state index is 0.232. The number of nitrogens with one attached hydrogen (secondary N) is 1. The smallest absolute Gasteiger partial charge is 0.237 e. The van der Waals surface area contributed by atoms with Crippen molar-refractivity contribution in [2.75, 3.05) is 12.4 Å². The second-order valence-corrected chi connectivity index (χ2v) is 5.02. The summed E-state index contributed by atoms with van der Waals surface area (Å²) in [5.74, 6) is 1.75. The summed E-state index contributed by atoms with van der Waals surface area (Å²) in [6.07, 6.45) is 6.47. The van der Waals surface area contributed by atoms with E-state index in [0.717, 1.165) is 18.8 Å². The molecule has 0 aromatic carbocycles. The van der Waals surface area contributed by atoms with E-state index in [4.69, 9.17) is 16.3 Å². The molecule has 1 aromatic rings. The Kier molecular flexibility index (Phi) is 4.05. The molecule has 2 rings (SSSR count). The van der Waals surface area contributed by atoms with E-state index < -0.39 is 0 Å². The quantitative estimate of drug-likeness (QED) is 0.902. The monoisotopic (exact) mass is 255 g/mol. The van der Waals surface area contributed by atoms with E-state index in [0.29, 0.717) is 16.9 Å². The fourth-order valence-electron chi connectivity index (χ4n) is 2.20. The lowest BCUT2D eigenvalue weighted by Gasteiger charge is -2.27. The van der Waals surface area contributed by atoms with Crippen molar-refractivity contribution in [2.24, 2.45) is 5.92 Å². The zero-order valence-corrected chi connectivity index (χ0v) is 11.0. The van der Waals surface area contributed by atoms with E-state index in [1.54, 1.807) is 13.2 Å². The van der Waals surface area contributed by atoms with Crippen LogP contribution in [0, 0.1) is 5.92 Å². The highest BCUT2D eigenvalue weighted by molar-refractivity contribution is 6.31. The van der Waals surface area contributed by atoms with Gasteiger partial charge in [0.05, 0.1) is 6.20 Å². The summed E-state index contributed by atoms with van der Waals surface area (Å²) in [4.78, 5) is 8.26. The van der Waals surface area contributed by atoms with Crippen LogP contribution < -0.4 is 10.1 Å². The number of anilines is 1. The second-order valence-electron chi connectivity index (χ2n) is 4.61. The molecule has 4 nitrogen and oxygen atoms in total. The molecule has 0 bridgehead atoms. The summed E-state index contributed by atoms with van der Waals surface area (Å²) in [7, 11) is 1.77. The molecule has 5 heteroatoms. The minimum atomic E-state index is 0.232. The van der Waals surface area contributed by atoms with Crippen molar-refractivity contribution in [3.8, 4) is 5.88 Å². The van der Waals surface area contributed by atoms with E-state index in [2.05, 4.69) is 22.2 Å². The third-order valence-electron chi connectivity index (χ3n) is 3.10. The second kappa shape index (κ2) is 5.54. The molecule has 1 fully saturated rings. The molecule has 0 spiro atoms. The van der Waals surface area contributed by atoms with Crippen LogP contribution in [0.2, 0.25) is 5.02 Å². The predicted molar refractivity (Wildman–Crippen MR) is 68.6 cm³/mol. The number of ether oxygens (including phenoxy) is 1. The Hall–Kier alpha value is -1.03. The van der Waals surface area contributed by atoms with Gasteiger partial charge in [-0.25, -0.2) is 4.98 Å². The fourth-order valence-corrected chi connectivity index (χ4v) is 2.33.